The molecule has 2 unspecified atom stereocenters. The van der Waals surface area contributed by atoms with Gasteiger partial charge in [0.2, 0.25) is 5.91 Å². The Balaban J connectivity index is 2.94. The van der Waals surface area contributed by atoms with Crippen molar-refractivity contribution in [2.45, 2.75) is 18.6 Å². The van der Waals surface area contributed by atoms with Crippen LogP contribution < -0.4 is 11.1 Å². The number of hydrogen-bond donors (Lipinski definition) is 5. The van der Waals surface area contributed by atoms with E-state index < -0.39 is 30.4 Å². The molecule has 1 rings (SSSR count). The highest BCUT2D eigenvalue weighted by Gasteiger charge is 2.23. The van der Waals surface area contributed by atoms with E-state index in [0.29, 0.717) is 6.21 Å². The molecule has 0 radical (unpaired) electrons. The van der Waals surface area contributed by atoms with Crippen molar-refractivity contribution in [1.29, 1.82) is 0 Å². The second-order valence-electron chi connectivity index (χ2n) is 4.00. The number of nitrogens with one attached hydrogen (secondary N) is 1. The Morgan fingerprint density at radius 2 is 2.00 bits per heavy atom. The molecular formula is C12H15N3O5. The average molecular weight is 281 g/mol. The van der Waals surface area contributed by atoms with Crippen LogP contribution >= 0.6 is 0 Å². The number of rotatable bonds is 6. The van der Waals surface area contributed by atoms with Crippen LogP contribution in [0.25, 0.3) is 0 Å². The summed E-state index contributed by atoms with van der Waals surface area (Å²) in [6, 6.07) is 6.15. The van der Waals surface area contributed by atoms with Crippen LogP contribution in [0.5, 0.6) is 0 Å². The van der Waals surface area contributed by atoms with E-state index in [0.717, 1.165) is 0 Å². The van der Waals surface area contributed by atoms with Gasteiger partial charge in [-0.25, -0.2) is 0 Å². The molecule has 6 N–H and O–H groups in total. The highest BCUT2D eigenvalue weighted by molar-refractivity contribution is 6.31. The summed E-state index contributed by atoms with van der Waals surface area (Å²) in [4.78, 5) is 22.0. The van der Waals surface area contributed by atoms with Crippen molar-refractivity contribution in [3.05, 3.63) is 29.8 Å². The average Bonchev–Trinajstić information content (AvgIpc) is 2.38. The fraction of sp³-hybridized carbons (Fsp3) is 0.250. The molecule has 0 saturated carbocycles. The second kappa shape index (κ2) is 7.22. The lowest BCUT2D eigenvalue weighted by atomic mass is 10.00. The van der Waals surface area contributed by atoms with Gasteiger partial charge >= 0.3 is 0 Å². The van der Waals surface area contributed by atoms with E-state index in [-0.39, 0.29) is 11.3 Å². The molecule has 108 valence electrons. The molecule has 0 aliphatic carbocycles. The normalized spacial score (nSPS) is 13.9. The smallest absolute Gasteiger partial charge is 0.270 e. The zero-order valence-corrected chi connectivity index (χ0v) is 10.4. The number of nitrogens with zero attached hydrogens (tertiary/aromatic N) is 1. The number of carbonyl (C=O) groups is 2. The van der Waals surface area contributed by atoms with Crippen LogP contribution in [-0.2, 0) is 9.59 Å². The molecule has 8 heteroatoms. The van der Waals surface area contributed by atoms with E-state index in [2.05, 4.69) is 10.5 Å². The van der Waals surface area contributed by atoms with Crippen molar-refractivity contribution in [3.8, 4) is 0 Å². The lowest BCUT2D eigenvalue weighted by molar-refractivity contribution is -0.121. The maximum absolute atomic E-state index is 11.3. The fourth-order valence-electron chi connectivity index (χ4n) is 1.61. The van der Waals surface area contributed by atoms with E-state index in [4.69, 9.17) is 10.9 Å². The number of para-hydroxylation sites is 1. The lowest BCUT2D eigenvalue weighted by Gasteiger charge is -2.19. The molecule has 8 nitrogen and oxygen atoms in total. The molecule has 1 aromatic carbocycles. The van der Waals surface area contributed by atoms with Crippen LogP contribution in [0.15, 0.2) is 29.4 Å². The lowest BCUT2D eigenvalue weighted by Crippen LogP contribution is -2.26. The largest absolute Gasteiger partial charge is 0.411 e. The maximum Gasteiger partial charge on any atom is 0.270 e. The van der Waals surface area contributed by atoms with Crippen LogP contribution in [0.1, 0.15) is 18.1 Å². The molecule has 0 aromatic heterocycles. The van der Waals surface area contributed by atoms with E-state index in [1.165, 1.54) is 12.1 Å². The molecule has 0 aliphatic rings. The summed E-state index contributed by atoms with van der Waals surface area (Å²) in [5.74, 6) is -1.47. The van der Waals surface area contributed by atoms with Crippen LogP contribution in [0, 0.1) is 0 Å². The molecule has 20 heavy (non-hydrogen) atoms. The molecule has 2 atom stereocenters. The third kappa shape index (κ3) is 4.34. The number of hydrogen-bond acceptors (Lipinski definition) is 6. The van der Waals surface area contributed by atoms with Gasteiger partial charge in [0.1, 0.15) is 12.3 Å². The van der Waals surface area contributed by atoms with Gasteiger partial charge in [0, 0.05) is 11.3 Å². The van der Waals surface area contributed by atoms with Gasteiger partial charge in [-0.1, -0.05) is 23.4 Å². The van der Waals surface area contributed by atoms with Gasteiger partial charge < -0.3 is 26.5 Å². The summed E-state index contributed by atoms with van der Waals surface area (Å²) >= 11 is 0. The molecule has 0 spiro atoms. The molecule has 0 fully saturated rings. The Morgan fingerprint density at radius 1 is 1.35 bits per heavy atom. The zero-order chi connectivity index (χ0) is 15.1. The minimum Gasteiger partial charge on any atom is -0.411 e. The first-order valence-corrected chi connectivity index (χ1v) is 5.67. The number of aliphatic hydroxyl groups excluding tert-OH is 2. The number of primary amides is 1. The molecule has 0 saturated heterocycles. The first-order chi connectivity index (χ1) is 9.45. The Labute approximate surface area is 114 Å². The minimum atomic E-state index is -1.40. The van der Waals surface area contributed by atoms with E-state index >= 15 is 0 Å². The topological polar surface area (TPSA) is 145 Å². The van der Waals surface area contributed by atoms with Gasteiger partial charge in [0.05, 0.1) is 12.5 Å². The van der Waals surface area contributed by atoms with E-state index in [1.54, 1.807) is 12.1 Å². The highest BCUT2D eigenvalue weighted by Crippen LogP contribution is 2.26. The van der Waals surface area contributed by atoms with Gasteiger partial charge in [-0.15, -0.1) is 0 Å². The van der Waals surface area contributed by atoms with E-state index in [1.807, 2.05) is 0 Å². The van der Waals surface area contributed by atoms with Gasteiger partial charge in [-0.2, -0.15) is 0 Å². The van der Waals surface area contributed by atoms with Gasteiger partial charge in [-0.05, 0) is 6.07 Å². The Bertz CT molecular complexity index is 518. The summed E-state index contributed by atoms with van der Waals surface area (Å²) < 4.78 is 0. The maximum atomic E-state index is 11.3. The predicted molar refractivity (Wildman–Crippen MR) is 70.1 cm³/mol. The first kappa shape index (κ1) is 15.6. The third-order valence-electron chi connectivity index (χ3n) is 2.49. The van der Waals surface area contributed by atoms with Crippen LogP contribution in [0.2, 0.25) is 0 Å². The number of amides is 2. The van der Waals surface area contributed by atoms with Crippen molar-refractivity contribution in [2.24, 2.45) is 10.9 Å². The van der Waals surface area contributed by atoms with Gasteiger partial charge in [0.15, 0.2) is 0 Å². The summed E-state index contributed by atoms with van der Waals surface area (Å²) in [6.07, 6.45) is -2.56. The first-order valence-electron chi connectivity index (χ1n) is 5.67. The Morgan fingerprint density at radius 3 is 2.60 bits per heavy atom. The van der Waals surface area contributed by atoms with Crippen LogP contribution in [0.4, 0.5) is 5.69 Å². The fourth-order valence-corrected chi connectivity index (χ4v) is 1.61. The third-order valence-corrected chi connectivity index (χ3v) is 2.49. The van der Waals surface area contributed by atoms with Gasteiger partial charge in [0.25, 0.3) is 5.91 Å². The monoisotopic (exact) mass is 281 g/mol. The molecule has 0 heterocycles. The zero-order valence-electron chi connectivity index (χ0n) is 10.4. The second-order valence-corrected chi connectivity index (χ2v) is 4.00. The number of anilines is 1. The van der Waals surface area contributed by atoms with Crippen molar-refractivity contribution in [1.82, 2.24) is 0 Å². The van der Waals surface area contributed by atoms with Gasteiger partial charge in [-0.3, -0.25) is 9.59 Å². The van der Waals surface area contributed by atoms with Crippen molar-refractivity contribution >= 4 is 23.7 Å². The molecular weight excluding hydrogens is 266 g/mol. The van der Waals surface area contributed by atoms with Crippen LogP contribution in [0.3, 0.4) is 0 Å². The van der Waals surface area contributed by atoms with Crippen molar-refractivity contribution in [3.63, 3.8) is 0 Å². The van der Waals surface area contributed by atoms with E-state index in [9.17, 15) is 19.8 Å². The molecule has 0 bridgehead atoms. The summed E-state index contributed by atoms with van der Waals surface area (Å²) in [7, 11) is 0. The quantitative estimate of drug-likeness (QED) is 0.267. The van der Waals surface area contributed by atoms with Crippen molar-refractivity contribution < 1.29 is 25.0 Å². The number of oxime groups is 1. The number of aliphatic hydroxyl groups is 2. The predicted octanol–water partition coefficient (Wildman–Crippen LogP) is -0.645. The Hall–Kier alpha value is -2.45. The van der Waals surface area contributed by atoms with Crippen molar-refractivity contribution in [2.75, 3.05) is 5.32 Å². The summed E-state index contributed by atoms with van der Waals surface area (Å²) in [5.41, 5.74) is 5.37. The highest BCUT2D eigenvalue weighted by atomic mass is 16.4. The van der Waals surface area contributed by atoms with Crippen LogP contribution in [-0.4, -0.2) is 39.6 Å². The standard InChI is InChI=1S/C12H15N3O5/c13-10(17)5-9(16)12(19)7-3-1-2-4-8(7)15-11(18)6-14-20/h1-4,6,9,12,16,19-20H,5H2,(H2,13,17)(H,15,18). The number of carbonyl (C=O) groups excluding carboxylic acids is 2. The number of nitrogens with two attached hydrogens (primary N) is 1. The SMILES string of the molecule is NC(=O)CC(O)C(O)c1ccccc1NC(=O)C=NO. The number of benzene rings is 1. The summed E-state index contributed by atoms with van der Waals surface area (Å²) in [5, 5.41) is 32.8. The Kier molecular flexibility index (Phi) is 5.63. The minimum absolute atomic E-state index is 0.209. The molecule has 0 aliphatic heterocycles. The molecule has 2 amide bonds. The molecule has 1 aromatic rings. The summed E-state index contributed by atoms with van der Waals surface area (Å²) in [6.45, 7) is 0.